The largest absolute Gasteiger partial charge is 0.597 e. The van der Waals surface area contributed by atoms with Crippen LogP contribution < -0.4 is 0 Å². The van der Waals surface area contributed by atoms with Crippen LogP contribution in [0.5, 0.6) is 0 Å². The van der Waals surface area contributed by atoms with E-state index < -0.39 is 29.7 Å². The van der Waals surface area contributed by atoms with Crippen molar-refractivity contribution in [3.05, 3.63) is 35.4 Å². The molecule has 2 rings (SSSR count). The predicted octanol–water partition coefficient (Wildman–Crippen LogP) is 3.48. The molecule has 1 aromatic rings. The van der Waals surface area contributed by atoms with Gasteiger partial charge in [-0.1, -0.05) is 48.2 Å². The molecule has 1 unspecified atom stereocenters. The van der Waals surface area contributed by atoms with Crippen molar-refractivity contribution < 1.29 is 19.1 Å². The molecule has 1 fully saturated rings. The third kappa shape index (κ3) is 5.79. The Labute approximate surface area is 168 Å². The summed E-state index contributed by atoms with van der Waals surface area (Å²) < 4.78 is 26.5. The summed E-state index contributed by atoms with van der Waals surface area (Å²) in [6, 6.07) is 8.92. The summed E-state index contributed by atoms with van der Waals surface area (Å²) in [5.41, 5.74) is 1.46. The summed E-state index contributed by atoms with van der Waals surface area (Å²) >= 11 is -1.24. The van der Waals surface area contributed by atoms with Crippen molar-refractivity contribution >= 4 is 19.4 Å². The lowest BCUT2D eigenvalue weighted by atomic mass is 9.87. The molecule has 1 heterocycles. The summed E-state index contributed by atoms with van der Waals surface area (Å²) in [5, 5.41) is 9.32. The number of rotatable bonds is 9. The highest BCUT2D eigenvalue weighted by Gasteiger charge is 2.54. The van der Waals surface area contributed by atoms with Gasteiger partial charge in [0.1, 0.15) is 17.0 Å². The fourth-order valence-electron chi connectivity index (χ4n) is 2.86. The van der Waals surface area contributed by atoms with Gasteiger partial charge in [0, 0.05) is 26.0 Å². The molecule has 27 heavy (non-hydrogen) atoms. The maximum Gasteiger partial charge on any atom is 0.143 e. The first-order valence-electron chi connectivity index (χ1n) is 9.55. The van der Waals surface area contributed by atoms with Crippen LogP contribution >= 0.6 is 0 Å². The van der Waals surface area contributed by atoms with Crippen molar-refractivity contribution in [3.8, 4) is 0 Å². The summed E-state index contributed by atoms with van der Waals surface area (Å²) in [6.45, 7) is 14.9. The number of nitrogens with zero attached hydrogens (tertiary/aromatic N) is 1. The molecule has 0 aromatic heterocycles. The zero-order valence-corrected chi connectivity index (χ0v) is 19.4. The van der Waals surface area contributed by atoms with Crippen LogP contribution in [0, 0.1) is 0 Å². The van der Waals surface area contributed by atoms with E-state index >= 15 is 0 Å². The standard InChI is InChI=1S/C20H35NO4SSi/c1-19(2,3)26(23)21(16-24-11-12-27(4,5)6)20(14-25-15-20)18-9-7-17(13-22)8-10-18/h7-10,22H,11-16H2,1-6H3. The van der Waals surface area contributed by atoms with Gasteiger partial charge in [-0.05, 0) is 37.9 Å². The highest BCUT2D eigenvalue weighted by atomic mass is 32.2. The molecule has 0 aliphatic carbocycles. The Morgan fingerprint density at radius 2 is 1.81 bits per heavy atom. The van der Waals surface area contributed by atoms with Gasteiger partial charge >= 0.3 is 0 Å². The first-order chi connectivity index (χ1) is 12.5. The lowest BCUT2D eigenvalue weighted by molar-refractivity contribution is -0.139. The zero-order chi connectivity index (χ0) is 20.3. The average Bonchev–Trinajstić information content (AvgIpc) is 2.54. The van der Waals surface area contributed by atoms with Crippen LogP contribution in [-0.4, -0.2) is 53.3 Å². The van der Waals surface area contributed by atoms with E-state index in [1.54, 1.807) is 0 Å². The predicted molar refractivity (Wildman–Crippen MR) is 114 cm³/mol. The Morgan fingerprint density at radius 1 is 1.22 bits per heavy atom. The van der Waals surface area contributed by atoms with Crippen LogP contribution in [0.2, 0.25) is 25.7 Å². The van der Waals surface area contributed by atoms with Crippen molar-refractivity contribution in [2.45, 2.75) is 63.3 Å². The molecule has 5 nitrogen and oxygen atoms in total. The monoisotopic (exact) mass is 413 g/mol. The van der Waals surface area contributed by atoms with Gasteiger partial charge in [-0.2, -0.15) is 0 Å². The Kier molecular flexibility index (Phi) is 7.58. The summed E-state index contributed by atoms with van der Waals surface area (Å²) in [6.07, 6.45) is 0. The van der Waals surface area contributed by atoms with Gasteiger partial charge in [-0.15, -0.1) is 0 Å². The van der Waals surface area contributed by atoms with Crippen molar-refractivity contribution in [3.63, 3.8) is 0 Å². The van der Waals surface area contributed by atoms with Gasteiger partial charge in [0.25, 0.3) is 0 Å². The van der Waals surface area contributed by atoms with Gasteiger partial charge in [0.15, 0.2) is 0 Å². The topological polar surface area (TPSA) is 65.0 Å². The molecule has 1 aromatic carbocycles. The van der Waals surface area contributed by atoms with Crippen LogP contribution in [0.4, 0.5) is 0 Å². The molecule has 154 valence electrons. The SMILES string of the molecule is CC(C)(C)[S+]([O-])N(COCC[Si](C)(C)C)C1(c2ccc(CO)cc2)COC1. The molecule has 0 amide bonds. The van der Waals surface area contributed by atoms with Crippen LogP contribution in [-0.2, 0) is 33.0 Å². The third-order valence-corrected chi connectivity index (χ3v) is 8.37. The normalized spacial score (nSPS) is 18.4. The van der Waals surface area contributed by atoms with E-state index in [4.69, 9.17) is 9.47 Å². The van der Waals surface area contributed by atoms with Gasteiger partial charge < -0.3 is 19.1 Å². The highest BCUT2D eigenvalue weighted by molar-refractivity contribution is 7.90. The number of hydrogen-bond acceptors (Lipinski definition) is 5. The van der Waals surface area contributed by atoms with Crippen LogP contribution in [0.15, 0.2) is 24.3 Å². The van der Waals surface area contributed by atoms with Crippen molar-refractivity contribution in [1.82, 2.24) is 4.31 Å². The molecule has 1 saturated heterocycles. The molecule has 7 heteroatoms. The van der Waals surface area contributed by atoms with Crippen LogP contribution in [0.3, 0.4) is 0 Å². The molecule has 1 aliphatic heterocycles. The van der Waals surface area contributed by atoms with Crippen molar-refractivity contribution in [1.29, 1.82) is 0 Å². The van der Waals surface area contributed by atoms with E-state index in [0.29, 0.717) is 26.6 Å². The summed E-state index contributed by atoms with van der Waals surface area (Å²) in [5.74, 6) is 0. The van der Waals surface area contributed by atoms with E-state index in [1.165, 1.54) is 0 Å². The number of ether oxygens (including phenoxy) is 2. The maximum absolute atomic E-state index is 13.4. The van der Waals surface area contributed by atoms with E-state index in [0.717, 1.165) is 17.2 Å². The van der Waals surface area contributed by atoms with E-state index in [-0.39, 0.29) is 6.61 Å². The first kappa shape index (κ1) is 22.9. The van der Waals surface area contributed by atoms with Crippen LogP contribution in [0.25, 0.3) is 0 Å². The van der Waals surface area contributed by atoms with Gasteiger partial charge in [0.2, 0.25) is 0 Å². The molecular weight excluding hydrogens is 378 g/mol. The molecule has 0 radical (unpaired) electrons. The molecule has 0 spiro atoms. The maximum atomic E-state index is 13.4. The fraction of sp³-hybridized carbons (Fsp3) is 0.700. The minimum atomic E-state index is -1.24. The van der Waals surface area contributed by atoms with E-state index in [2.05, 4.69) is 19.6 Å². The molecule has 1 atom stereocenters. The lowest BCUT2D eigenvalue weighted by Crippen LogP contribution is -2.64. The van der Waals surface area contributed by atoms with Crippen LogP contribution in [0.1, 0.15) is 31.9 Å². The summed E-state index contributed by atoms with van der Waals surface area (Å²) in [7, 11) is -1.18. The lowest BCUT2D eigenvalue weighted by Gasteiger charge is -2.50. The van der Waals surface area contributed by atoms with E-state index in [1.807, 2.05) is 49.3 Å². The van der Waals surface area contributed by atoms with Crippen molar-refractivity contribution in [2.24, 2.45) is 0 Å². The highest BCUT2D eigenvalue weighted by Crippen LogP contribution is 2.40. The zero-order valence-electron chi connectivity index (χ0n) is 17.6. The van der Waals surface area contributed by atoms with Gasteiger partial charge in [0.05, 0.1) is 19.8 Å². The van der Waals surface area contributed by atoms with Gasteiger partial charge in [-0.25, -0.2) is 0 Å². The Morgan fingerprint density at radius 3 is 2.22 bits per heavy atom. The van der Waals surface area contributed by atoms with Gasteiger partial charge in [-0.3, -0.25) is 0 Å². The quantitative estimate of drug-likeness (QED) is 0.291. The molecule has 0 bridgehead atoms. The number of aliphatic hydroxyl groups is 1. The van der Waals surface area contributed by atoms with E-state index in [9.17, 15) is 9.66 Å². The minimum absolute atomic E-state index is 0.0151. The smallest absolute Gasteiger partial charge is 0.143 e. The second kappa shape index (κ2) is 8.94. The average molecular weight is 414 g/mol. The summed E-state index contributed by atoms with van der Waals surface area (Å²) in [4.78, 5) is 0. The third-order valence-electron chi connectivity index (χ3n) is 4.76. The van der Waals surface area contributed by atoms with Crippen molar-refractivity contribution in [2.75, 3.05) is 26.6 Å². The fourth-order valence-corrected chi connectivity index (χ4v) is 4.97. The Bertz CT molecular complexity index is 593. The Hall–Kier alpha value is -0.413. The molecule has 0 saturated carbocycles. The second-order valence-corrected chi connectivity index (χ2v) is 17.3. The molecule has 1 aliphatic rings. The number of hydrogen-bond donors (Lipinski definition) is 1. The second-order valence-electron chi connectivity index (χ2n) is 9.47. The number of benzene rings is 1. The molecular formula is C20H35NO4SSi. The molecule has 1 N–H and O–H groups in total. The Balaban J connectivity index is 2.23. The first-order valence-corrected chi connectivity index (χ1v) is 14.4. The minimum Gasteiger partial charge on any atom is -0.597 e. The number of aliphatic hydroxyl groups excluding tert-OH is 1.